The highest BCUT2D eigenvalue weighted by Gasteiger charge is 2.32. The van der Waals surface area contributed by atoms with Gasteiger partial charge in [0.2, 0.25) is 5.91 Å². The molecule has 2 aliphatic carbocycles. The Morgan fingerprint density at radius 2 is 1.40 bits per heavy atom. The van der Waals surface area contributed by atoms with Crippen LogP contribution in [0.15, 0.2) is 0 Å². The first-order valence-electron chi connectivity index (χ1n) is 7.99. The molecular weight excluding hydrogens is 254 g/mol. The van der Waals surface area contributed by atoms with Crippen molar-refractivity contribution in [2.75, 3.05) is 0 Å². The predicted octanol–water partition coefficient (Wildman–Crippen LogP) is 2.82. The van der Waals surface area contributed by atoms with Crippen LogP contribution in [0.2, 0.25) is 0 Å². The smallest absolute Gasteiger partial charge is 0.306 e. The van der Waals surface area contributed by atoms with Gasteiger partial charge in [0.15, 0.2) is 0 Å². The molecule has 2 aliphatic rings. The molecule has 0 aromatic rings. The van der Waals surface area contributed by atoms with Crippen molar-refractivity contribution in [3.8, 4) is 0 Å². The van der Waals surface area contributed by atoms with Gasteiger partial charge in [-0.1, -0.05) is 13.8 Å². The second-order valence-corrected chi connectivity index (χ2v) is 7.01. The molecule has 1 amide bonds. The number of carboxylic acids is 1. The Morgan fingerprint density at radius 3 is 1.90 bits per heavy atom. The fourth-order valence-electron chi connectivity index (χ4n) is 3.99. The second kappa shape index (κ2) is 6.59. The van der Waals surface area contributed by atoms with Gasteiger partial charge in [0, 0.05) is 12.0 Å². The average Bonchev–Trinajstić information content (AvgIpc) is 2.37. The first-order chi connectivity index (χ1) is 9.45. The largest absolute Gasteiger partial charge is 0.481 e. The van der Waals surface area contributed by atoms with Crippen molar-refractivity contribution in [2.24, 2.45) is 23.7 Å². The van der Waals surface area contributed by atoms with E-state index in [1.807, 2.05) is 0 Å². The van der Waals surface area contributed by atoms with Crippen LogP contribution in [0, 0.1) is 23.7 Å². The molecule has 0 aromatic carbocycles. The van der Waals surface area contributed by atoms with Gasteiger partial charge >= 0.3 is 5.97 Å². The van der Waals surface area contributed by atoms with Crippen LogP contribution in [0.4, 0.5) is 0 Å². The average molecular weight is 281 g/mol. The normalized spacial score (nSPS) is 38.2. The van der Waals surface area contributed by atoms with Crippen LogP contribution >= 0.6 is 0 Å². The van der Waals surface area contributed by atoms with E-state index in [2.05, 4.69) is 19.2 Å². The summed E-state index contributed by atoms with van der Waals surface area (Å²) >= 11 is 0. The van der Waals surface area contributed by atoms with Gasteiger partial charge < -0.3 is 10.4 Å². The molecule has 2 fully saturated rings. The van der Waals surface area contributed by atoms with Gasteiger partial charge in [-0.2, -0.15) is 0 Å². The third-order valence-electron chi connectivity index (χ3n) is 4.97. The molecule has 0 saturated heterocycles. The van der Waals surface area contributed by atoms with Crippen molar-refractivity contribution in [3.05, 3.63) is 0 Å². The maximum Gasteiger partial charge on any atom is 0.306 e. The van der Waals surface area contributed by atoms with Gasteiger partial charge in [0.1, 0.15) is 0 Å². The number of rotatable bonds is 3. The minimum absolute atomic E-state index is 0.0261. The van der Waals surface area contributed by atoms with Gasteiger partial charge in [0.25, 0.3) is 0 Å². The third-order valence-corrected chi connectivity index (χ3v) is 4.97. The topological polar surface area (TPSA) is 66.4 Å². The summed E-state index contributed by atoms with van der Waals surface area (Å²) in [5.41, 5.74) is 0. The molecular formula is C16H27NO3. The lowest BCUT2D eigenvalue weighted by Gasteiger charge is -2.33. The highest BCUT2D eigenvalue weighted by Crippen LogP contribution is 2.31. The molecule has 114 valence electrons. The highest BCUT2D eigenvalue weighted by molar-refractivity contribution is 5.79. The Morgan fingerprint density at radius 1 is 0.900 bits per heavy atom. The second-order valence-electron chi connectivity index (χ2n) is 7.01. The Hall–Kier alpha value is -1.06. The number of carbonyl (C=O) groups excluding carboxylic acids is 1. The van der Waals surface area contributed by atoms with E-state index in [1.165, 1.54) is 6.42 Å². The Labute approximate surface area is 121 Å². The van der Waals surface area contributed by atoms with Crippen LogP contribution < -0.4 is 5.32 Å². The minimum Gasteiger partial charge on any atom is -0.481 e. The summed E-state index contributed by atoms with van der Waals surface area (Å²) in [5.74, 6) is 0.601. The number of hydrogen-bond donors (Lipinski definition) is 2. The van der Waals surface area contributed by atoms with E-state index < -0.39 is 5.97 Å². The molecule has 2 unspecified atom stereocenters. The molecule has 2 rings (SSSR count). The van der Waals surface area contributed by atoms with E-state index >= 15 is 0 Å². The van der Waals surface area contributed by atoms with Crippen molar-refractivity contribution in [3.63, 3.8) is 0 Å². The van der Waals surface area contributed by atoms with Crippen molar-refractivity contribution < 1.29 is 14.7 Å². The maximum atomic E-state index is 12.3. The quantitative estimate of drug-likeness (QED) is 0.836. The van der Waals surface area contributed by atoms with Gasteiger partial charge in [0.05, 0.1) is 5.92 Å². The van der Waals surface area contributed by atoms with Crippen LogP contribution in [-0.4, -0.2) is 23.0 Å². The molecule has 0 spiro atoms. The number of amides is 1. The van der Waals surface area contributed by atoms with Crippen LogP contribution in [0.3, 0.4) is 0 Å². The molecule has 0 heterocycles. The van der Waals surface area contributed by atoms with Gasteiger partial charge in [-0.15, -0.1) is 0 Å². The molecule has 20 heavy (non-hydrogen) atoms. The minimum atomic E-state index is -0.709. The molecule has 0 bridgehead atoms. The Balaban J connectivity index is 1.79. The summed E-state index contributed by atoms with van der Waals surface area (Å²) in [4.78, 5) is 23.2. The number of carbonyl (C=O) groups is 2. The standard InChI is InChI=1S/C16H27NO3/c1-10-7-11(2)9-14(8-10)17-15(18)12-3-5-13(6-4-12)16(19)20/h10-14H,3-9H2,1-2H3,(H,17,18)(H,19,20). The van der Waals surface area contributed by atoms with Gasteiger partial charge in [-0.05, 0) is 56.8 Å². The molecule has 0 aliphatic heterocycles. The maximum absolute atomic E-state index is 12.3. The molecule has 2 atom stereocenters. The molecule has 0 radical (unpaired) electrons. The van der Waals surface area contributed by atoms with Crippen LogP contribution in [0.1, 0.15) is 58.8 Å². The molecule has 4 heteroatoms. The zero-order valence-electron chi connectivity index (χ0n) is 12.6. The van der Waals surface area contributed by atoms with E-state index in [1.54, 1.807) is 0 Å². The number of carboxylic acid groups (broad SMARTS) is 1. The van der Waals surface area contributed by atoms with Gasteiger partial charge in [-0.25, -0.2) is 0 Å². The van der Waals surface area contributed by atoms with Crippen molar-refractivity contribution >= 4 is 11.9 Å². The van der Waals surface area contributed by atoms with Crippen molar-refractivity contribution in [1.29, 1.82) is 0 Å². The number of hydrogen-bond acceptors (Lipinski definition) is 2. The van der Waals surface area contributed by atoms with E-state index in [0.29, 0.717) is 30.7 Å². The number of aliphatic carboxylic acids is 1. The lowest BCUT2D eigenvalue weighted by molar-refractivity contribution is -0.144. The SMILES string of the molecule is CC1CC(C)CC(NC(=O)C2CCC(C(=O)O)CC2)C1. The van der Waals surface area contributed by atoms with Crippen LogP contribution in [0.5, 0.6) is 0 Å². The first-order valence-corrected chi connectivity index (χ1v) is 7.99. The third kappa shape index (κ3) is 3.97. The lowest BCUT2D eigenvalue weighted by Crippen LogP contribution is -2.43. The molecule has 4 nitrogen and oxygen atoms in total. The highest BCUT2D eigenvalue weighted by atomic mass is 16.4. The first kappa shape index (κ1) is 15.3. The molecule has 2 saturated carbocycles. The fraction of sp³-hybridized carbons (Fsp3) is 0.875. The summed E-state index contributed by atoms with van der Waals surface area (Å²) in [6, 6.07) is 0.318. The van der Waals surface area contributed by atoms with E-state index in [4.69, 9.17) is 5.11 Å². The summed E-state index contributed by atoms with van der Waals surface area (Å²) in [7, 11) is 0. The zero-order valence-corrected chi connectivity index (χ0v) is 12.6. The van der Waals surface area contributed by atoms with E-state index in [-0.39, 0.29) is 17.7 Å². The summed E-state index contributed by atoms with van der Waals surface area (Å²) in [5, 5.41) is 12.2. The number of nitrogens with one attached hydrogen (secondary N) is 1. The van der Waals surface area contributed by atoms with Crippen LogP contribution in [-0.2, 0) is 9.59 Å². The zero-order chi connectivity index (χ0) is 14.7. The van der Waals surface area contributed by atoms with E-state index in [9.17, 15) is 9.59 Å². The molecule has 0 aromatic heterocycles. The Kier molecular flexibility index (Phi) is 5.06. The lowest BCUT2D eigenvalue weighted by atomic mass is 9.79. The fourth-order valence-corrected chi connectivity index (χ4v) is 3.99. The van der Waals surface area contributed by atoms with Crippen molar-refractivity contribution in [1.82, 2.24) is 5.32 Å². The Bertz CT molecular complexity index is 351. The van der Waals surface area contributed by atoms with Crippen LogP contribution in [0.25, 0.3) is 0 Å². The summed E-state index contributed by atoms with van der Waals surface area (Å²) < 4.78 is 0. The molecule has 2 N–H and O–H groups in total. The predicted molar refractivity (Wildman–Crippen MR) is 77.2 cm³/mol. The van der Waals surface area contributed by atoms with Crippen molar-refractivity contribution in [2.45, 2.75) is 64.8 Å². The summed E-state index contributed by atoms with van der Waals surface area (Å²) in [6.45, 7) is 4.51. The van der Waals surface area contributed by atoms with E-state index in [0.717, 1.165) is 25.7 Å². The summed E-state index contributed by atoms with van der Waals surface area (Å²) in [6.07, 6.45) is 6.16. The van der Waals surface area contributed by atoms with Gasteiger partial charge in [-0.3, -0.25) is 9.59 Å². The monoisotopic (exact) mass is 281 g/mol.